The molecule has 8 heteroatoms. The number of benzene rings is 1. The Balaban J connectivity index is 1.64. The Labute approximate surface area is 156 Å². The molecule has 2 aromatic rings. The van der Waals surface area contributed by atoms with Gasteiger partial charge in [0.2, 0.25) is 5.91 Å². The minimum absolute atomic E-state index is 0.0918. The topological polar surface area (TPSA) is 105 Å². The standard InChI is InChI=1S/C19H22N4O4/c1-12-10-17(22(2)21-12)23-9-3-4-15(18(23)25)20-16(24)11-13-5-7-14(8-6-13)19(26)27/h5-8,10,15H,3-4,9,11H2,1-2H3,(H,20,24)(H,26,27). The summed E-state index contributed by atoms with van der Waals surface area (Å²) in [6.45, 7) is 2.47. The normalized spacial score (nSPS) is 17.0. The summed E-state index contributed by atoms with van der Waals surface area (Å²) >= 11 is 0. The molecule has 1 aliphatic heterocycles. The van der Waals surface area contributed by atoms with E-state index in [0.29, 0.717) is 18.5 Å². The number of hydrogen-bond donors (Lipinski definition) is 2. The molecule has 3 rings (SSSR count). The van der Waals surface area contributed by atoms with Crippen molar-refractivity contribution in [1.82, 2.24) is 15.1 Å². The van der Waals surface area contributed by atoms with Crippen LogP contribution in [-0.2, 0) is 23.1 Å². The van der Waals surface area contributed by atoms with Gasteiger partial charge in [-0.15, -0.1) is 0 Å². The van der Waals surface area contributed by atoms with Crippen molar-refractivity contribution in [2.75, 3.05) is 11.4 Å². The second-order valence-electron chi connectivity index (χ2n) is 6.70. The summed E-state index contributed by atoms with van der Waals surface area (Å²) in [4.78, 5) is 37.7. The van der Waals surface area contributed by atoms with Crippen molar-refractivity contribution < 1.29 is 19.5 Å². The lowest BCUT2D eigenvalue weighted by molar-refractivity contribution is -0.128. The molecule has 1 aromatic carbocycles. The number of piperidine rings is 1. The molecule has 1 fully saturated rings. The van der Waals surface area contributed by atoms with Crippen LogP contribution in [0.2, 0.25) is 0 Å². The van der Waals surface area contributed by atoms with E-state index >= 15 is 0 Å². The van der Waals surface area contributed by atoms with Crippen molar-refractivity contribution in [3.8, 4) is 0 Å². The Morgan fingerprint density at radius 2 is 2.00 bits per heavy atom. The number of nitrogens with one attached hydrogen (secondary N) is 1. The van der Waals surface area contributed by atoms with Gasteiger partial charge in [0.1, 0.15) is 11.9 Å². The highest BCUT2D eigenvalue weighted by atomic mass is 16.4. The van der Waals surface area contributed by atoms with Gasteiger partial charge in [0.25, 0.3) is 5.91 Å². The molecular formula is C19H22N4O4. The molecule has 1 saturated heterocycles. The summed E-state index contributed by atoms with van der Waals surface area (Å²) in [5.74, 6) is -0.691. The molecule has 0 aliphatic carbocycles. The lowest BCUT2D eigenvalue weighted by atomic mass is 10.0. The number of aromatic carboxylic acids is 1. The number of carboxylic acids is 1. The Hall–Kier alpha value is -3.16. The molecule has 1 unspecified atom stereocenters. The first kappa shape index (κ1) is 18.6. The molecule has 142 valence electrons. The van der Waals surface area contributed by atoms with Gasteiger partial charge in [-0.25, -0.2) is 4.79 Å². The summed E-state index contributed by atoms with van der Waals surface area (Å²) in [5, 5.41) is 16.0. The molecule has 27 heavy (non-hydrogen) atoms. The maximum absolute atomic E-state index is 12.8. The van der Waals surface area contributed by atoms with Gasteiger partial charge in [0, 0.05) is 19.7 Å². The SMILES string of the molecule is Cc1cc(N2CCCC(NC(=O)Cc3ccc(C(=O)O)cc3)C2=O)n(C)n1. The quantitative estimate of drug-likeness (QED) is 0.825. The number of aromatic nitrogens is 2. The van der Waals surface area contributed by atoms with E-state index in [0.717, 1.165) is 17.9 Å². The second kappa shape index (κ2) is 7.61. The number of hydrogen-bond acceptors (Lipinski definition) is 4. The fourth-order valence-electron chi connectivity index (χ4n) is 3.28. The average molecular weight is 370 g/mol. The predicted octanol–water partition coefficient (Wildman–Crippen LogP) is 1.28. The lowest BCUT2D eigenvalue weighted by Crippen LogP contribution is -2.53. The van der Waals surface area contributed by atoms with Crippen LogP contribution in [0.4, 0.5) is 5.82 Å². The number of nitrogens with zero attached hydrogens (tertiary/aromatic N) is 3. The third-order valence-corrected chi connectivity index (χ3v) is 4.59. The summed E-state index contributed by atoms with van der Waals surface area (Å²) in [6, 6.07) is 7.42. The number of rotatable bonds is 5. The third-order valence-electron chi connectivity index (χ3n) is 4.59. The summed E-state index contributed by atoms with van der Waals surface area (Å²) < 4.78 is 1.67. The van der Waals surface area contributed by atoms with Crippen LogP contribution >= 0.6 is 0 Å². The zero-order valence-electron chi connectivity index (χ0n) is 15.3. The van der Waals surface area contributed by atoms with Crippen LogP contribution < -0.4 is 10.2 Å². The summed E-state index contributed by atoms with van der Waals surface area (Å²) in [5.41, 5.74) is 1.69. The fraction of sp³-hybridized carbons (Fsp3) is 0.368. The number of carbonyl (C=O) groups is 3. The molecule has 2 amide bonds. The summed E-state index contributed by atoms with van der Waals surface area (Å²) in [6.07, 6.45) is 1.47. The van der Waals surface area contributed by atoms with E-state index in [-0.39, 0.29) is 23.8 Å². The Kier molecular flexibility index (Phi) is 5.25. The van der Waals surface area contributed by atoms with Gasteiger partial charge < -0.3 is 10.4 Å². The van der Waals surface area contributed by atoms with Crippen LogP contribution in [-0.4, -0.2) is 45.3 Å². The van der Waals surface area contributed by atoms with E-state index in [9.17, 15) is 14.4 Å². The minimum atomic E-state index is -1.01. The Morgan fingerprint density at radius 1 is 1.30 bits per heavy atom. The maximum Gasteiger partial charge on any atom is 0.335 e. The van der Waals surface area contributed by atoms with Gasteiger partial charge in [-0.1, -0.05) is 12.1 Å². The van der Waals surface area contributed by atoms with Crippen LogP contribution in [0.3, 0.4) is 0 Å². The first-order valence-corrected chi connectivity index (χ1v) is 8.79. The monoisotopic (exact) mass is 370 g/mol. The van der Waals surface area contributed by atoms with E-state index in [1.54, 1.807) is 28.8 Å². The van der Waals surface area contributed by atoms with E-state index in [1.165, 1.54) is 12.1 Å². The van der Waals surface area contributed by atoms with Gasteiger partial charge in [-0.2, -0.15) is 5.10 Å². The number of amides is 2. The van der Waals surface area contributed by atoms with E-state index in [1.807, 2.05) is 13.0 Å². The van der Waals surface area contributed by atoms with Gasteiger partial charge in [0.15, 0.2) is 0 Å². The van der Waals surface area contributed by atoms with E-state index in [4.69, 9.17) is 5.11 Å². The number of carbonyl (C=O) groups excluding carboxylic acids is 2. The molecular weight excluding hydrogens is 348 g/mol. The molecule has 1 aliphatic rings. The van der Waals surface area contributed by atoms with Crippen molar-refractivity contribution in [2.24, 2.45) is 7.05 Å². The zero-order valence-corrected chi connectivity index (χ0v) is 15.3. The van der Waals surface area contributed by atoms with Crippen molar-refractivity contribution in [2.45, 2.75) is 32.2 Å². The van der Waals surface area contributed by atoms with Gasteiger partial charge >= 0.3 is 5.97 Å². The highest BCUT2D eigenvalue weighted by Gasteiger charge is 2.32. The van der Waals surface area contributed by atoms with E-state index < -0.39 is 12.0 Å². The van der Waals surface area contributed by atoms with Crippen LogP contribution in [0, 0.1) is 6.92 Å². The molecule has 1 aromatic heterocycles. The van der Waals surface area contributed by atoms with Crippen LogP contribution in [0.25, 0.3) is 0 Å². The first-order valence-electron chi connectivity index (χ1n) is 8.79. The molecule has 0 bridgehead atoms. The van der Waals surface area contributed by atoms with E-state index in [2.05, 4.69) is 10.4 Å². The molecule has 0 saturated carbocycles. The van der Waals surface area contributed by atoms with Crippen molar-refractivity contribution in [3.05, 3.63) is 47.2 Å². The Morgan fingerprint density at radius 3 is 2.59 bits per heavy atom. The van der Waals surface area contributed by atoms with Crippen LogP contribution in [0.5, 0.6) is 0 Å². The molecule has 8 nitrogen and oxygen atoms in total. The highest BCUT2D eigenvalue weighted by molar-refractivity contribution is 5.99. The molecule has 0 spiro atoms. The molecule has 1 atom stereocenters. The minimum Gasteiger partial charge on any atom is -0.478 e. The largest absolute Gasteiger partial charge is 0.478 e. The van der Waals surface area contributed by atoms with Crippen LogP contribution in [0.1, 0.15) is 34.5 Å². The molecule has 2 N–H and O–H groups in total. The number of aryl methyl sites for hydroxylation is 2. The number of carboxylic acid groups (broad SMARTS) is 1. The van der Waals surface area contributed by atoms with Crippen molar-refractivity contribution in [3.63, 3.8) is 0 Å². The highest BCUT2D eigenvalue weighted by Crippen LogP contribution is 2.21. The average Bonchev–Trinajstić information content (AvgIpc) is 2.95. The first-order chi connectivity index (χ1) is 12.8. The Bertz CT molecular complexity index is 872. The van der Waals surface area contributed by atoms with Crippen molar-refractivity contribution >= 4 is 23.6 Å². The van der Waals surface area contributed by atoms with Crippen LogP contribution in [0.15, 0.2) is 30.3 Å². The maximum atomic E-state index is 12.8. The summed E-state index contributed by atoms with van der Waals surface area (Å²) in [7, 11) is 1.79. The van der Waals surface area contributed by atoms with Gasteiger partial charge in [-0.05, 0) is 37.5 Å². The second-order valence-corrected chi connectivity index (χ2v) is 6.70. The predicted molar refractivity (Wildman–Crippen MR) is 98.6 cm³/mol. The lowest BCUT2D eigenvalue weighted by Gasteiger charge is -2.32. The third kappa shape index (κ3) is 4.16. The van der Waals surface area contributed by atoms with Gasteiger partial charge in [-0.3, -0.25) is 19.2 Å². The number of anilines is 1. The molecule has 2 heterocycles. The smallest absolute Gasteiger partial charge is 0.335 e. The zero-order chi connectivity index (χ0) is 19.6. The van der Waals surface area contributed by atoms with Gasteiger partial charge in [0.05, 0.1) is 17.7 Å². The fourth-order valence-corrected chi connectivity index (χ4v) is 3.28. The molecule has 0 radical (unpaired) electrons. The van der Waals surface area contributed by atoms with Crippen molar-refractivity contribution in [1.29, 1.82) is 0 Å².